The Labute approximate surface area is 164 Å². The van der Waals surface area contributed by atoms with E-state index in [0.29, 0.717) is 25.3 Å². The largest absolute Gasteiger partial charge is 0.368 e. The SMILES string of the molecule is CC(=O)N1CCN(c2ccc([N+](=O)[O-])c(N3CCc4ccccc4C3)c2)CC1. The highest BCUT2D eigenvalue weighted by Crippen LogP contribution is 2.35. The van der Waals surface area contributed by atoms with Crippen LogP contribution in [0.5, 0.6) is 0 Å². The first kappa shape index (κ1) is 18.3. The number of hydrogen-bond acceptors (Lipinski definition) is 5. The summed E-state index contributed by atoms with van der Waals surface area (Å²) in [6.07, 6.45) is 0.884. The van der Waals surface area contributed by atoms with Crippen LogP contribution >= 0.6 is 0 Å². The predicted octanol–water partition coefficient (Wildman–Crippen LogP) is 2.83. The normalized spacial score (nSPS) is 16.7. The Kier molecular flexibility index (Phi) is 4.90. The number of hydrogen-bond donors (Lipinski definition) is 0. The third kappa shape index (κ3) is 3.52. The molecule has 28 heavy (non-hydrogen) atoms. The molecule has 0 spiro atoms. The number of piperazine rings is 1. The van der Waals surface area contributed by atoms with Gasteiger partial charge in [-0.25, -0.2) is 0 Å². The number of amides is 1. The van der Waals surface area contributed by atoms with Crippen molar-refractivity contribution in [3.05, 3.63) is 63.7 Å². The summed E-state index contributed by atoms with van der Waals surface area (Å²) < 4.78 is 0. The summed E-state index contributed by atoms with van der Waals surface area (Å²) in [5, 5.41) is 11.6. The minimum atomic E-state index is -0.298. The Hall–Kier alpha value is -3.09. The number of benzene rings is 2. The number of carbonyl (C=O) groups excluding carboxylic acids is 1. The molecule has 0 unspecified atom stereocenters. The zero-order valence-electron chi connectivity index (χ0n) is 16.0. The summed E-state index contributed by atoms with van der Waals surface area (Å²) in [7, 11) is 0. The molecule has 0 aliphatic carbocycles. The molecular weight excluding hydrogens is 356 g/mol. The summed E-state index contributed by atoms with van der Waals surface area (Å²) in [5.74, 6) is 0.0935. The van der Waals surface area contributed by atoms with Crippen molar-refractivity contribution in [1.82, 2.24) is 4.90 Å². The molecule has 0 saturated carbocycles. The first-order valence-electron chi connectivity index (χ1n) is 9.63. The third-order valence-corrected chi connectivity index (χ3v) is 5.72. The van der Waals surface area contributed by atoms with Gasteiger partial charge in [-0.2, -0.15) is 0 Å². The number of nitrogens with zero attached hydrogens (tertiary/aromatic N) is 4. The molecule has 1 amide bonds. The highest BCUT2D eigenvalue weighted by molar-refractivity contribution is 5.74. The van der Waals surface area contributed by atoms with Gasteiger partial charge in [0, 0.05) is 57.9 Å². The van der Waals surface area contributed by atoms with Gasteiger partial charge in [0.15, 0.2) is 0 Å². The van der Waals surface area contributed by atoms with Gasteiger partial charge in [0.2, 0.25) is 5.91 Å². The maximum atomic E-state index is 11.6. The summed E-state index contributed by atoms with van der Waals surface area (Å²) >= 11 is 0. The van der Waals surface area contributed by atoms with Crippen molar-refractivity contribution in [2.24, 2.45) is 0 Å². The Morgan fingerprint density at radius 1 is 0.964 bits per heavy atom. The van der Waals surface area contributed by atoms with Gasteiger partial charge in [-0.15, -0.1) is 0 Å². The molecule has 0 atom stereocenters. The predicted molar refractivity (Wildman–Crippen MR) is 109 cm³/mol. The van der Waals surface area contributed by atoms with Crippen LogP contribution in [0.2, 0.25) is 0 Å². The molecule has 7 heteroatoms. The first-order valence-corrected chi connectivity index (χ1v) is 9.63. The Bertz CT molecular complexity index is 906. The Morgan fingerprint density at radius 3 is 2.36 bits per heavy atom. The summed E-state index contributed by atoms with van der Waals surface area (Å²) in [4.78, 5) is 29.0. The maximum Gasteiger partial charge on any atom is 0.292 e. The standard InChI is InChI=1S/C21H24N4O3/c1-16(26)22-10-12-23(13-11-22)19-6-7-20(25(27)28)21(14-19)24-9-8-17-4-2-3-5-18(17)15-24/h2-7,14H,8-13,15H2,1H3. The van der Waals surface area contributed by atoms with Crippen LogP contribution in [0.25, 0.3) is 0 Å². The average Bonchev–Trinajstić information content (AvgIpc) is 2.73. The molecule has 2 heterocycles. The van der Waals surface area contributed by atoms with Crippen molar-refractivity contribution in [2.45, 2.75) is 19.9 Å². The van der Waals surface area contributed by atoms with Crippen molar-refractivity contribution in [3.8, 4) is 0 Å². The smallest absolute Gasteiger partial charge is 0.292 e. The van der Waals surface area contributed by atoms with Crippen molar-refractivity contribution < 1.29 is 9.72 Å². The fourth-order valence-corrected chi connectivity index (χ4v) is 4.10. The zero-order valence-corrected chi connectivity index (χ0v) is 16.0. The summed E-state index contributed by atoms with van der Waals surface area (Å²) in [6, 6.07) is 13.7. The molecule has 4 rings (SSSR count). The van der Waals surface area contributed by atoms with E-state index in [4.69, 9.17) is 0 Å². The molecule has 146 valence electrons. The van der Waals surface area contributed by atoms with E-state index in [1.807, 2.05) is 29.2 Å². The van der Waals surface area contributed by atoms with Gasteiger partial charge in [-0.3, -0.25) is 14.9 Å². The molecule has 1 fully saturated rings. The zero-order chi connectivity index (χ0) is 19.7. The number of nitro groups is 1. The van der Waals surface area contributed by atoms with Crippen LogP contribution in [-0.4, -0.2) is 48.5 Å². The van der Waals surface area contributed by atoms with Crippen LogP contribution in [-0.2, 0) is 17.8 Å². The number of anilines is 2. The molecule has 7 nitrogen and oxygen atoms in total. The molecule has 2 aromatic rings. The van der Waals surface area contributed by atoms with E-state index in [1.165, 1.54) is 11.1 Å². The summed E-state index contributed by atoms with van der Waals surface area (Å²) in [5.41, 5.74) is 4.33. The number of carbonyl (C=O) groups is 1. The lowest BCUT2D eigenvalue weighted by atomic mass is 9.99. The van der Waals surface area contributed by atoms with Crippen molar-refractivity contribution in [2.75, 3.05) is 42.5 Å². The van der Waals surface area contributed by atoms with Crippen molar-refractivity contribution in [1.29, 1.82) is 0 Å². The van der Waals surface area contributed by atoms with E-state index < -0.39 is 0 Å². The van der Waals surface area contributed by atoms with E-state index in [2.05, 4.69) is 21.9 Å². The number of fused-ring (bicyclic) bond motifs is 1. The van der Waals surface area contributed by atoms with E-state index in [-0.39, 0.29) is 16.5 Å². The molecule has 2 aliphatic heterocycles. The molecular formula is C21H24N4O3. The second-order valence-corrected chi connectivity index (χ2v) is 7.36. The number of rotatable bonds is 3. The molecule has 0 N–H and O–H groups in total. The van der Waals surface area contributed by atoms with Crippen molar-refractivity contribution >= 4 is 23.0 Å². The fourth-order valence-electron chi connectivity index (χ4n) is 4.10. The highest BCUT2D eigenvalue weighted by atomic mass is 16.6. The fraction of sp³-hybridized carbons (Fsp3) is 0.381. The average molecular weight is 380 g/mol. The van der Waals surface area contributed by atoms with Gasteiger partial charge < -0.3 is 14.7 Å². The lowest BCUT2D eigenvalue weighted by Crippen LogP contribution is -2.48. The Morgan fingerprint density at radius 2 is 1.68 bits per heavy atom. The second-order valence-electron chi connectivity index (χ2n) is 7.36. The van der Waals surface area contributed by atoms with Crippen molar-refractivity contribution in [3.63, 3.8) is 0 Å². The van der Waals surface area contributed by atoms with Crippen LogP contribution < -0.4 is 9.80 Å². The lowest BCUT2D eigenvalue weighted by Gasteiger charge is -2.36. The molecule has 2 aliphatic rings. The van der Waals surface area contributed by atoms with Gasteiger partial charge in [0.1, 0.15) is 5.69 Å². The monoisotopic (exact) mass is 380 g/mol. The van der Waals surface area contributed by atoms with Gasteiger partial charge in [0.25, 0.3) is 5.69 Å². The molecule has 1 saturated heterocycles. The maximum absolute atomic E-state index is 11.6. The topological polar surface area (TPSA) is 69.9 Å². The second kappa shape index (κ2) is 7.50. The van der Waals surface area contributed by atoms with Gasteiger partial charge in [-0.05, 0) is 29.7 Å². The third-order valence-electron chi connectivity index (χ3n) is 5.72. The molecule has 0 bridgehead atoms. The Balaban J connectivity index is 1.61. The van der Waals surface area contributed by atoms with Gasteiger partial charge in [0.05, 0.1) is 4.92 Å². The molecule has 0 aromatic heterocycles. The van der Waals surface area contributed by atoms with E-state index >= 15 is 0 Å². The van der Waals surface area contributed by atoms with Crippen LogP contribution in [0.4, 0.5) is 17.1 Å². The quantitative estimate of drug-likeness (QED) is 0.605. The van der Waals surface area contributed by atoms with Crippen LogP contribution in [0.15, 0.2) is 42.5 Å². The van der Waals surface area contributed by atoms with Gasteiger partial charge in [-0.1, -0.05) is 24.3 Å². The summed E-state index contributed by atoms with van der Waals surface area (Å²) in [6.45, 7) is 5.86. The highest BCUT2D eigenvalue weighted by Gasteiger charge is 2.26. The first-order chi connectivity index (χ1) is 13.5. The van der Waals surface area contributed by atoms with Gasteiger partial charge >= 0.3 is 0 Å². The minimum Gasteiger partial charge on any atom is -0.368 e. The minimum absolute atomic E-state index is 0.0935. The number of nitro benzene ring substituents is 1. The van der Waals surface area contributed by atoms with E-state index in [9.17, 15) is 14.9 Å². The van der Waals surface area contributed by atoms with E-state index in [0.717, 1.165) is 31.7 Å². The van der Waals surface area contributed by atoms with Crippen LogP contribution in [0, 0.1) is 10.1 Å². The van der Waals surface area contributed by atoms with E-state index in [1.54, 1.807) is 13.0 Å². The van der Waals surface area contributed by atoms with Crippen LogP contribution in [0.1, 0.15) is 18.1 Å². The van der Waals surface area contributed by atoms with Crippen LogP contribution in [0.3, 0.4) is 0 Å². The lowest BCUT2D eigenvalue weighted by molar-refractivity contribution is -0.384. The molecule has 0 radical (unpaired) electrons. The molecule has 2 aromatic carbocycles.